The lowest BCUT2D eigenvalue weighted by molar-refractivity contribution is 0.244. The lowest BCUT2D eigenvalue weighted by atomic mass is 10.2. The summed E-state index contributed by atoms with van der Waals surface area (Å²) in [5, 5.41) is 11.8. The van der Waals surface area contributed by atoms with E-state index in [9.17, 15) is 4.79 Å². The maximum atomic E-state index is 11.3. The highest BCUT2D eigenvalue weighted by atomic mass is 16.5. The number of aliphatic hydroxyl groups excluding tert-OH is 1. The lowest BCUT2D eigenvalue weighted by Crippen LogP contribution is -2.19. The summed E-state index contributed by atoms with van der Waals surface area (Å²) in [6.07, 6.45) is 1.30. The van der Waals surface area contributed by atoms with Crippen molar-refractivity contribution in [2.24, 2.45) is 5.92 Å². The van der Waals surface area contributed by atoms with Crippen molar-refractivity contribution in [1.82, 2.24) is 9.97 Å². The Morgan fingerprint density at radius 3 is 3.07 bits per heavy atom. The van der Waals surface area contributed by atoms with Gasteiger partial charge in [-0.25, -0.2) is 4.98 Å². The number of methoxy groups -OCH3 is 1. The molecule has 1 unspecified atom stereocenters. The largest absolute Gasteiger partial charge is 0.489 e. The van der Waals surface area contributed by atoms with E-state index in [2.05, 4.69) is 15.3 Å². The molecule has 1 rings (SSSR count). The van der Waals surface area contributed by atoms with Gasteiger partial charge in [-0.05, 0) is 5.92 Å². The van der Waals surface area contributed by atoms with Crippen molar-refractivity contribution in [2.75, 3.05) is 25.6 Å². The molecule has 0 saturated heterocycles. The highest BCUT2D eigenvalue weighted by Crippen LogP contribution is 2.14. The number of aromatic nitrogens is 2. The summed E-state index contributed by atoms with van der Waals surface area (Å²) in [6, 6.07) is 0. The molecule has 0 aromatic carbocycles. The number of H-pyrrole nitrogens is 1. The molecule has 84 valence electrons. The van der Waals surface area contributed by atoms with Gasteiger partial charge in [-0.3, -0.25) is 4.79 Å². The van der Waals surface area contributed by atoms with E-state index in [-0.39, 0.29) is 23.8 Å². The van der Waals surface area contributed by atoms with Crippen molar-refractivity contribution >= 4 is 5.82 Å². The number of hydrogen-bond donors (Lipinski definition) is 3. The van der Waals surface area contributed by atoms with E-state index in [0.717, 1.165) is 0 Å². The van der Waals surface area contributed by atoms with Crippen LogP contribution in [0, 0.1) is 5.92 Å². The molecule has 6 heteroatoms. The summed E-state index contributed by atoms with van der Waals surface area (Å²) in [4.78, 5) is 17.6. The minimum Gasteiger partial charge on any atom is -0.489 e. The molecule has 0 fully saturated rings. The Morgan fingerprint density at radius 1 is 1.73 bits per heavy atom. The number of aliphatic hydroxyl groups is 1. The first-order chi connectivity index (χ1) is 7.19. The standard InChI is InChI=1S/C9H15N3O3/c1-6(4-13)3-10-8-7(15-2)9(14)12-5-11-8/h5-6,13H,3-4H2,1-2H3,(H2,10,11,12,14). The number of hydrogen-bond acceptors (Lipinski definition) is 5. The maximum absolute atomic E-state index is 11.3. The molecule has 0 spiro atoms. The molecular formula is C9H15N3O3. The monoisotopic (exact) mass is 213 g/mol. The molecule has 6 nitrogen and oxygen atoms in total. The van der Waals surface area contributed by atoms with Gasteiger partial charge >= 0.3 is 0 Å². The number of anilines is 1. The van der Waals surface area contributed by atoms with Crippen LogP contribution in [-0.2, 0) is 0 Å². The van der Waals surface area contributed by atoms with E-state index >= 15 is 0 Å². The summed E-state index contributed by atoms with van der Waals surface area (Å²) in [5.41, 5.74) is -0.327. The van der Waals surface area contributed by atoms with Gasteiger partial charge in [-0.2, -0.15) is 0 Å². The van der Waals surface area contributed by atoms with Gasteiger partial charge in [-0.15, -0.1) is 0 Å². The molecular weight excluding hydrogens is 198 g/mol. The zero-order valence-electron chi connectivity index (χ0n) is 8.78. The summed E-state index contributed by atoms with van der Waals surface area (Å²) < 4.78 is 4.91. The van der Waals surface area contributed by atoms with Crippen LogP contribution in [0.15, 0.2) is 11.1 Å². The van der Waals surface area contributed by atoms with Crippen LogP contribution in [0.1, 0.15) is 6.92 Å². The highest BCUT2D eigenvalue weighted by molar-refractivity contribution is 5.47. The van der Waals surface area contributed by atoms with Gasteiger partial charge in [0.2, 0.25) is 5.75 Å². The molecule has 0 amide bonds. The summed E-state index contributed by atoms with van der Waals surface area (Å²) in [5.74, 6) is 0.639. The van der Waals surface area contributed by atoms with Crippen molar-refractivity contribution < 1.29 is 9.84 Å². The highest BCUT2D eigenvalue weighted by Gasteiger charge is 2.09. The van der Waals surface area contributed by atoms with Crippen LogP contribution in [0.25, 0.3) is 0 Å². The van der Waals surface area contributed by atoms with Crippen LogP contribution in [0.5, 0.6) is 5.75 Å². The van der Waals surface area contributed by atoms with Crippen LogP contribution in [-0.4, -0.2) is 35.3 Å². The fourth-order valence-electron chi connectivity index (χ4n) is 1.04. The number of ether oxygens (including phenoxy) is 1. The fraction of sp³-hybridized carbons (Fsp3) is 0.556. The van der Waals surface area contributed by atoms with Crippen molar-refractivity contribution in [3.8, 4) is 5.75 Å². The maximum Gasteiger partial charge on any atom is 0.295 e. The molecule has 0 radical (unpaired) electrons. The summed E-state index contributed by atoms with van der Waals surface area (Å²) >= 11 is 0. The topological polar surface area (TPSA) is 87.2 Å². The molecule has 0 saturated carbocycles. The van der Waals surface area contributed by atoms with Crippen molar-refractivity contribution in [3.05, 3.63) is 16.7 Å². The second-order valence-electron chi connectivity index (χ2n) is 3.28. The van der Waals surface area contributed by atoms with Crippen LogP contribution in [0.3, 0.4) is 0 Å². The molecule has 0 bridgehead atoms. The Bertz CT molecular complexity index is 364. The average Bonchev–Trinajstić information content (AvgIpc) is 2.25. The zero-order valence-corrected chi connectivity index (χ0v) is 8.78. The van der Waals surface area contributed by atoms with Crippen molar-refractivity contribution in [3.63, 3.8) is 0 Å². The lowest BCUT2D eigenvalue weighted by Gasteiger charge is -2.11. The number of nitrogens with one attached hydrogen (secondary N) is 2. The molecule has 1 aromatic rings. The minimum absolute atomic E-state index is 0.0819. The van der Waals surface area contributed by atoms with E-state index in [1.165, 1.54) is 13.4 Å². The van der Waals surface area contributed by atoms with Crippen LogP contribution in [0.2, 0.25) is 0 Å². The second kappa shape index (κ2) is 5.35. The SMILES string of the molecule is COc1c(NCC(C)CO)nc[nH]c1=O. The normalized spacial score (nSPS) is 12.2. The minimum atomic E-state index is -0.327. The van der Waals surface area contributed by atoms with Crippen molar-refractivity contribution in [1.29, 1.82) is 0 Å². The van der Waals surface area contributed by atoms with E-state index in [1.54, 1.807) is 0 Å². The third kappa shape index (κ3) is 2.95. The third-order valence-electron chi connectivity index (χ3n) is 1.94. The first-order valence-corrected chi connectivity index (χ1v) is 4.65. The predicted octanol–water partition coefficient (Wildman–Crippen LogP) is -0.181. The third-order valence-corrected chi connectivity index (χ3v) is 1.94. The Labute approximate surface area is 87.3 Å². The molecule has 3 N–H and O–H groups in total. The zero-order chi connectivity index (χ0) is 11.3. The fourth-order valence-corrected chi connectivity index (χ4v) is 1.04. The van der Waals surface area contributed by atoms with E-state index in [4.69, 9.17) is 9.84 Å². The predicted molar refractivity (Wildman–Crippen MR) is 56.1 cm³/mol. The molecule has 0 aliphatic rings. The average molecular weight is 213 g/mol. The number of rotatable bonds is 5. The first kappa shape index (κ1) is 11.5. The summed E-state index contributed by atoms with van der Waals surface area (Å²) in [6.45, 7) is 2.49. The molecule has 1 heterocycles. The molecule has 1 atom stereocenters. The van der Waals surface area contributed by atoms with Gasteiger partial charge in [0, 0.05) is 13.2 Å². The smallest absolute Gasteiger partial charge is 0.295 e. The van der Waals surface area contributed by atoms with E-state index < -0.39 is 0 Å². The van der Waals surface area contributed by atoms with Crippen LogP contribution in [0.4, 0.5) is 5.82 Å². The van der Waals surface area contributed by atoms with Gasteiger partial charge < -0.3 is 20.1 Å². The van der Waals surface area contributed by atoms with Crippen LogP contribution < -0.4 is 15.6 Å². The number of nitrogens with zero attached hydrogens (tertiary/aromatic N) is 1. The molecule has 0 aliphatic heterocycles. The Kier molecular flexibility index (Phi) is 4.11. The van der Waals surface area contributed by atoms with Gasteiger partial charge in [-0.1, -0.05) is 6.92 Å². The molecule has 0 aliphatic carbocycles. The first-order valence-electron chi connectivity index (χ1n) is 4.65. The Balaban J connectivity index is 2.76. The number of aromatic amines is 1. The van der Waals surface area contributed by atoms with Gasteiger partial charge in [0.25, 0.3) is 5.56 Å². The quantitative estimate of drug-likeness (QED) is 0.631. The van der Waals surface area contributed by atoms with E-state index in [1.807, 2.05) is 6.92 Å². The van der Waals surface area contributed by atoms with Gasteiger partial charge in [0.05, 0.1) is 13.4 Å². The second-order valence-corrected chi connectivity index (χ2v) is 3.28. The molecule has 15 heavy (non-hydrogen) atoms. The Hall–Kier alpha value is -1.56. The summed E-state index contributed by atoms with van der Waals surface area (Å²) in [7, 11) is 1.41. The van der Waals surface area contributed by atoms with Crippen molar-refractivity contribution in [2.45, 2.75) is 6.92 Å². The molecule has 1 aromatic heterocycles. The van der Waals surface area contributed by atoms with Crippen LogP contribution >= 0.6 is 0 Å². The Morgan fingerprint density at radius 2 is 2.47 bits per heavy atom. The van der Waals surface area contributed by atoms with Gasteiger partial charge in [0.1, 0.15) is 0 Å². The van der Waals surface area contributed by atoms with Gasteiger partial charge in [0.15, 0.2) is 5.82 Å². The van der Waals surface area contributed by atoms with E-state index in [0.29, 0.717) is 12.4 Å².